The molecule has 2 aliphatic rings. The van der Waals surface area contributed by atoms with Crippen molar-refractivity contribution in [3.8, 4) is 0 Å². The van der Waals surface area contributed by atoms with Crippen LogP contribution < -0.4 is 5.32 Å². The summed E-state index contributed by atoms with van der Waals surface area (Å²) >= 11 is 12.1. The lowest BCUT2D eigenvalue weighted by molar-refractivity contribution is 0.0651. The van der Waals surface area contributed by atoms with Gasteiger partial charge >= 0.3 is 0 Å². The van der Waals surface area contributed by atoms with Crippen molar-refractivity contribution in [1.82, 2.24) is 10.2 Å². The summed E-state index contributed by atoms with van der Waals surface area (Å²) in [5.74, 6) is 0.593. The highest BCUT2D eigenvalue weighted by Crippen LogP contribution is 2.28. The molecule has 21 heavy (non-hydrogen) atoms. The molecule has 0 saturated carbocycles. The summed E-state index contributed by atoms with van der Waals surface area (Å²) in [4.78, 5) is 14.6. The Hall–Kier alpha value is -0.770. The van der Waals surface area contributed by atoms with Crippen LogP contribution in [0.25, 0.3) is 0 Å². The molecule has 5 heteroatoms. The monoisotopic (exact) mass is 326 g/mol. The molecule has 0 aromatic heterocycles. The second-order valence-corrected chi connectivity index (χ2v) is 6.82. The van der Waals surface area contributed by atoms with Gasteiger partial charge in [0.15, 0.2) is 0 Å². The minimum Gasteiger partial charge on any atom is -0.338 e. The fourth-order valence-electron chi connectivity index (χ4n) is 3.47. The number of likely N-dealkylation sites (tertiary alicyclic amines) is 1. The third kappa shape index (κ3) is 3.36. The van der Waals surface area contributed by atoms with Crippen molar-refractivity contribution >= 4 is 29.1 Å². The van der Waals surface area contributed by atoms with Crippen LogP contribution in [0.1, 0.15) is 36.0 Å². The van der Waals surface area contributed by atoms with Gasteiger partial charge in [-0.2, -0.15) is 0 Å². The molecule has 114 valence electrons. The number of amides is 1. The predicted molar refractivity (Wildman–Crippen MR) is 86.1 cm³/mol. The quantitative estimate of drug-likeness (QED) is 0.900. The Bertz CT molecular complexity index is 529. The van der Waals surface area contributed by atoms with Gasteiger partial charge < -0.3 is 10.2 Å². The second-order valence-electron chi connectivity index (χ2n) is 5.98. The van der Waals surface area contributed by atoms with Crippen LogP contribution >= 0.6 is 23.2 Å². The molecule has 2 atom stereocenters. The maximum absolute atomic E-state index is 12.7. The average Bonchev–Trinajstić information content (AvgIpc) is 3.01. The van der Waals surface area contributed by atoms with Crippen molar-refractivity contribution in [2.24, 2.45) is 5.92 Å². The molecule has 3 rings (SSSR count). The molecule has 0 bridgehead atoms. The number of carbonyl (C=O) groups is 1. The van der Waals surface area contributed by atoms with E-state index < -0.39 is 0 Å². The van der Waals surface area contributed by atoms with Crippen molar-refractivity contribution in [3.63, 3.8) is 0 Å². The Morgan fingerprint density at radius 3 is 2.81 bits per heavy atom. The lowest BCUT2D eigenvalue weighted by atomic mass is 9.89. The normalized spacial score (nSPS) is 26.1. The van der Waals surface area contributed by atoms with Crippen molar-refractivity contribution in [2.75, 3.05) is 19.6 Å². The molecule has 0 spiro atoms. The van der Waals surface area contributed by atoms with Crippen LogP contribution in [0.2, 0.25) is 10.0 Å². The zero-order valence-electron chi connectivity index (χ0n) is 11.9. The van der Waals surface area contributed by atoms with Crippen LogP contribution in [-0.2, 0) is 0 Å². The molecule has 1 N–H and O–H groups in total. The Morgan fingerprint density at radius 1 is 1.24 bits per heavy atom. The highest BCUT2D eigenvalue weighted by atomic mass is 35.5. The third-order valence-corrected chi connectivity index (χ3v) is 5.12. The fraction of sp³-hybridized carbons (Fsp3) is 0.562. The second kappa shape index (κ2) is 6.55. The molecule has 2 fully saturated rings. The number of hydrogen-bond donors (Lipinski definition) is 1. The summed E-state index contributed by atoms with van der Waals surface area (Å²) in [6.45, 7) is 2.76. The minimum absolute atomic E-state index is 0.0272. The molecular formula is C16H20Cl2N2O. The van der Waals surface area contributed by atoms with Gasteiger partial charge in [0.1, 0.15) is 0 Å². The summed E-state index contributed by atoms with van der Waals surface area (Å²) < 4.78 is 0. The van der Waals surface area contributed by atoms with E-state index in [0.29, 0.717) is 27.6 Å². The van der Waals surface area contributed by atoms with E-state index in [9.17, 15) is 4.79 Å². The fourth-order valence-corrected chi connectivity index (χ4v) is 3.96. The summed E-state index contributed by atoms with van der Waals surface area (Å²) in [6.07, 6.45) is 4.75. The summed E-state index contributed by atoms with van der Waals surface area (Å²) in [6, 6.07) is 5.66. The van der Waals surface area contributed by atoms with Crippen molar-refractivity contribution in [1.29, 1.82) is 0 Å². The molecule has 2 saturated heterocycles. The Morgan fingerprint density at radius 2 is 2.10 bits per heavy atom. The molecule has 2 aliphatic heterocycles. The summed E-state index contributed by atoms with van der Waals surface area (Å²) in [5.41, 5.74) is 0.557. The number of hydrogen-bond acceptors (Lipinski definition) is 2. The molecular weight excluding hydrogens is 307 g/mol. The van der Waals surface area contributed by atoms with Crippen LogP contribution in [0.4, 0.5) is 0 Å². The Labute approximate surface area is 135 Å². The predicted octanol–water partition coefficient (Wildman–Crippen LogP) is 3.60. The SMILES string of the molecule is O=C(c1ccc(Cl)cc1Cl)N1CCCC(C2CCCN2)C1. The number of nitrogens with one attached hydrogen (secondary N) is 1. The van der Waals surface area contributed by atoms with Crippen molar-refractivity contribution in [2.45, 2.75) is 31.7 Å². The van der Waals surface area contributed by atoms with Crippen LogP contribution in [0.15, 0.2) is 18.2 Å². The van der Waals surface area contributed by atoms with Crippen molar-refractivity contribution in [3.05, 3.63) is 33.8 Å². The van der Waals surface area contributed by atoms with E-state index in [1.807, 2.05) is 4.90 Å². The topological polar surface area (TPSA) is 32.3 Å². The molecule has 1 amide bonds. The van der Waals surface area contributed by atoms with Gasteiger partial charge in [-0.3, -0.25) is 4.79 Å². The van der Waals surface area contributed by atoms with Gasteiger partial charge in [0.2, 0.25) is 0 Å². The highest BCUT2D eigenvalue weighted by Gasteiger charge is 2.31. The summed E-state index contributed by atoms with van der Waals surface area (Å²) in [5, 5.41) is 4.56. The van der Waals surface area contributed by atoms with E-state index in [-0.39, 0.29) is 5.91 Å². The zero-order valence-corrected chi connectivity index (χ0v) is 13.5. The van der Waals surface area contributed by atoms with E-state index >= 15 is 0 Å². The maximum atomic E-state index is 12.7. The number of nitrogens with zero attached hydrogens (tertiary/aromatic N) is 1. The van der Waals surface area contributed by atoms with E-state index in [2.05, 4.69) is 5.32 Å². The number of piperidine rings is 1. The van der Waals surface area contributed by atoms with Crippen LogP contribution in [-0.4, -0.2) is 36.5 Å². The molecule has 1 aromatic carbocycles. The van der Waals surface area contributed by atoms with Crippen LogP contribution in [0.5, 0.6) is 0 Å². The van der Waals surface area contributed by atoms with Crippen molar-refractivity contribution < 1.29 is 4.79 Å². The molecule has 1 aromatic rings. The van der Waals surface area contributed by atoms with Gasteiger partial charge in [-0.15, -0.1) is 0 Å². The molecule has 0 radical (unpaired) electrons. The van der Waals surface area contributed by atoms with Gasteiger partial charge in [-0.1, -0.05) is 23.2 Å². The largest absolute Gasteiger partial charge is 0.338 e. The lowest BCUT2D eigenvalue weighted by Crippen LogP contribution is -2.45. The van der Waals surface area contributed by atoms with Gasteiger partial charge in [-0.25, -0.2) is 0 Å². The van der Waals surface area contributed by atoms with E-state index in [4.69, 9.17) is 23.2 Å². The molecule has 2 unspecified atom stereocenters. The molecule has 2 heterocycles. The number of halogens is 2. The third-order valence-electron chi connectivity index (χ3n) is 4.57. The zero-order chi connectivity index (χ0) is 14.8. The Balaban J connectivity index is 1.71. The molecule has 3 nitrogen and oxygen atoms in total. The summed E-state index contributed by atoms with van der Waals surface area (Å²) in [7, 11) is 0. The average molecular weight is 327 g/mol. The first-order valence-electron chi connectivity index (χ1n) is 7.63. The first-order chi connectivity index (χ1) is 10.1. The maximum Gasteiger partial charge on any atom is 0.255 e. The number of benzene rings is 1. The standard InChI is InChI=1S/C16H20Cl2N2O/c17-12-5-6-13(14(18)9-12)16(21)20-8-2-3-11(10-20)15-4-1-7-19-15/h5-6,9,11,15,19H,1-4,7-8,10H2. The van der Waals surface area contributed by atoms with Gasteiger partial charge in [0.05, 0.1) is 10.6 Å². The van der Waals surface area contributed by atoms with Gasteiger partial charge in [0.25, 0.3) is 5.91 Å². The van der Waals surface area contributed by atoms with Crippen LogP contribution in [0.3, 0.4) is 0 Å². The van der Waals surface area contributed by atoms with E-state index in [0.717, 1.165) is 26.1 Å². The first kappa shape index (κ1) is 15.1. The molecule has 0 aliphatic carbocycles. The minimum atomic E-state index is 0.0272. The van der Waals surface area contributed by atoms with Gasteiger partial charge in [-0.05, 0) is 56.3 Å². The smallest absolute Gasteiger partial charge is 0.255 e. The van der Waals surface area contributed by atoms with E-state index in [1.54, 1.807) is 18.2 Å². The first-order valence-corrected chi connectivity index (χ1v) is 8.38. The number of rotatable bonds is 2. The van der Waals surface area contributed by atoms with Gasteiger partial charge in [0, 0.05) is 24.2 Å². The Kier molecular flexibility index (Phi) is 4.72. The lowest BCUT2D eigenvalue weighted by Gasteiger charge is -2.36. The number of carbonyl (C=O) groups excluding carboxylic acids is 1. The van der Waals surface area contributed by atoms with E-state index in [1.165, 1.54) is 19.3 Å². The highest BCUT2D eigenvalue weighted by molar-refractivity contribution is 6.36. The van der Waals surface area contributed by atoms with Crippen LogP contribution in [0, 0.1) is 5.92 Å².